The van der Waals surface area contributed by atoms with Gasteiger partial charge in [0.25, 0.3) is 0 Å². The zero-order valence-corrected chi connectivity index (χ0v) is 13.3. The lowest BCUT2D eigenvalue weighted by molar-refractivity contribution is 0.0443. The number of nitrogens with zero attached hydrogens (tertiary/aromatic N) is 1. The zero-order chi connectivity index (χ0) is 14.3. The Morgan fingerprint density at radius 3 is 2.59 bits per heavy atom. The molecule has 0 aliphatic carbocycles. The largest absolute Gasteiger partial charge is 0.481 e. The molecule has 0 saturated carbocycles. The van der Waals surface area contributed by atoms with E-state index < -0.39 is 0 Å². The number of hydrogen-bond acceptors (Lipinski definition) is 3. The Hall–Kier alpha value is -1.73. The molecular weight excluding hydrogens is 298 g/mol. The van der Waals surface area contributed by atoms with Crippen molar-refractivity contribution in [3.63, 3.8) is 0 Å². The molecule has 1 fully saturated rings. The summed E-state index contributed by atoms with van der Waals surface area (Å²) in [5, 5.41) is 2.42. The molecule has 3 rings (SSSR count). The van der Waals surface area contributed by atoms with E-state index in [2.05, 4.69) is 41.0 Å². The third kappa shape index (κ3) is 4.64. The van der Waals surface area contributed by atoms with Crippen molar-refractivity contribution in [3.05, 3.63) is 42.5 Å². The molecule has 0 N–H and O–H groups in total. The average molecular weight is 318 g/mol. The van der Waals surface area contributed by atoms with Crippen LogP contribution in [0.5, 0.6) is 5.75 Å². The van der Waals surface area contributed by atoms with Gasteiger partial charge in [0.15, 0.2) is 0 Å². The van der Waals surface area contributed by atoms with E-state index in [-0.39, 0.29) is 12.4 Å². The molecule has 1 saturated heterocycles. The van der Waals surface area contributed by atoms with Crippen molar-refractivity contribution in [2.45, 2.75) is 0 Å². The second kappa shape index (κ2) is 8.65. The summed E-state index contributed by atoms with van der Waals surface area (Å²) in [6.07, 6.45) is 0. The van der Waals surface area contributed by atoms with E-state index in [1.165, 1.54) is 10.8 Å². The Labute approximate surface area is 137 Å². The van der Waals surface area contributed by atoms with E-state index in [0.717, 1.165) is 38.6 Å². The smallest absolute Gasteiger partial charge is 0.149 e. The van der Waals surface area contributed by atoms with Gasteiger partial charge in [0.1, 0.15) is 12.4 Å². The van der Waals surface area contributed by atoms with Crippen LogP contribution in [-0.2, 0) is 4.74 Å². The van der Waals surface area contributed by atoms with Crippen LogP contribution in [0.15, 0.2) is 42.5 Å². The van der Waals surface area contributed by atoms with Crippen molar-refractivity contribution >= 4 is 23.2 Å². The molecule has 1 aliphatic rings. The zero-order valence-electron chi connectivity index (χ0n) is 12.5. The van der Waals surface area contributed by atoms with Gasteiger partial charge in [0.2, 0.25) is 0 Å². The molecule has 0 spiro atoms. The van der Waals surface area contributed by atoms with E-state index in [1.807, 2.05) is 18.2 Å². The van der Waals surface area contributed by atoms with E-state index >= 15 is 0 Å². The minimum absolute atomic E-state index is 0. The highest BCUT2D eigenvalue weighted by atomic mass is 35.5. The molecule has 116 valence electrons. The maximum atomic E-state index is 5.69. The fourth-order valence-corrected chi connectivity index (χ4v) is 2.35. The monoisotopic (exact) mass is 317 g/mol. The van der Waals surface area contributed by atoms with Gasteiger partial charge in [-0.25, -0.2) is 0 Å². The summed E-state index contributed by atoms with van der Waals surface area (Å²) in [7, 11) is 0. The summed E-state index contributed by atoms with van der Waals surface area (Å²) in [4.78, 5) is 2.30. The minimum Gasteiger partial charge on any atom is -0.481 e. The van der Waals surface area contributed by atoms with Crippen molar-refractivity contribution in [2.75, 3.05) is 39.5 Å². The molecule has 0 radical (unpaired) electrons. The Balaban J connectivity index is 0.00000176. The maximum Gasteiger partial charge on any atom is 0.149 e. The standard InChI is InChI=1S/C18H19NO2.ClH/c1-2-6-17-15-18(8-7-16(17)5-1)21-12-4-3-9-19-10-13-20-14-11-19;/h1-2,5-8,15H,9-14H2;1H. The molecule has 2 aromatic rings. The first-order valence-corrected chi connectivity index (χ1v) is 7.29. The van der Waals surface area contributed by atoms with Gasteiger partial charge in [-0.05, 0) is 22.9 Å². The van der Waals surface area contributed by atoms with Gasteiger partial charge >= 0.3 is 0 Å². The van der Waals surface area contributed by atoms with Crippen LogP contribution in [0, 0.1) is 11.8 Å². The molecule has 22 heavy (non-hydrogen) atoms. The Bertz CT molecular complexity index is 657. The van der Waals surface area contributed by atoms with Crippen molar-refractivity contribution in [1.29, 1.82) is 0 Å². The molecule has 0 aromatic heterocycles. The molecule has 2 aromatic carbocycles. The van der Waals surface area contributed by atoms with Gasteiger partial charge < -0.3 is 9.47 Å². The molecule has 1 heterocycles. The van der Waals surface area contributed by atoms with Gasteiger partial charge in [-0.3, -0.25) is 4.90 Å². The van der Waals surface area contributed by atoms with Crippen LogP contribution >= 0.6 is 12.4 Å². The lowest BCUT2D eigenvalue weighted by Crippen LogP contribution is -2.36. The number of morpholine rings is 1. The normalized spacial score (nSPS) is 14.7. The number of halogens is 1. The predicted octanol–water partition coefficient (Wildman–Crippen LogP) is 2.98. The van der Waals surface area contributed by atoms with Crippen molar-refractivity contribution in [1.82, 2.24) is 4.90 Å². The summed E-state index contributed by atoms with van der Waals surface area (Å²) in [6.45, 7) is 4.80. The van der Waals surface area contributed by atoms with Gasteiger partial charge in [-0.1, -0.05) is 42.2 Å². The number of rotatable bonds is 3. The van der Waals surface area contributed by atoms with Crippen molar-refractivity contribution < 1.29 is 9.47 Å². The predicted molar refractivity (Wildman–Crippen MR) is 91.7 cm³/mol. The van der Waals surface area contributed by atoms with Crippen LogP contribution in [0.2, 0.25) is 0 Å². The highest BCUT2D eigenvalue weighted by Gasteiger charge is 2.07. The fourth-order valence-electron chi connectivity index (χ4n) is 2.35. The third-order valence-corrected chi connectivity index (χ3v) is 3.56. The molecule has 4 heteroatoms. The van der Waals surface area contributed by atoms with Gasteiger partial charge in [0.05, 0.1) is 19.8 Å². The maximum absolute atomic E-state index is 5.69. The van der Waals surface area contributed by atoms with E-state index in [1.54, 1.807) is 0 Å². The Morgan fingerprint density at radius 1 is 1.00 bits per heavy atom. The highest BCUT2D eigenvalue weighted by molar-refractivity contribution is 5.85. The molecule has 1 aliphatic heterocycles. The molecule has 3 nitrogen and oxygen atoms in total. The van der Waals surface area contributed by atoms with Gasteiger partial charge in [-0.15, -0.1) is 12.4 Å². The van der Waals surface area contributed by atoms with E-state index in [4.69, 9.17) is 9.47 Å². The second-order valence-electron chi connectivity index (χ2n) is 5.04. The van der Waals surface area contributed by atoms with Crippen LogP contribution in [-0.4, -0.2) is 44.4 Å². The van der Waals surface area contributed by atoms with Crippen LogP contribution < -0.4 is 4.74 Å². The van der Waals surface area contributed by atoms with Gasteiger partial charge in [-0.2, -0.15) is 0 Å². The van der Waals surface area contributed by atoms with Crippen molar-refractivity contribution in [3.8, 4) is 17.6 Å². The minimum atomic E-state index is 0. The molecule has 0 bridgehead atoms. The molecule has 0 atom stereocenters. The quantitative estimate of drug-likeness (QED) is 0.812. The SMILES string of the molecule is C(#CCN1CCOCC1)COc1ccc2ccccc2c1.Cl. The Kier molecular flexibility index (Phi) is 6.54. The summed E-state index contributed by atoms with van der Waals surface area (Å²) >= 11 is 0. The molecular formula is C18H20ClNO2. The van der Waals surface area contributed by atoms with Crippen LogP contribution in [0.1, 0.15) is 0 Å². The Morgan fingerprint density at radius 2 is 1.77 bits per heavy atom. The van der Waals surface area contributed by atoms with Gasteiger partial charge in [0, 0.05) is 13.1 Å². The first-order chi connectivity index (χ1) is 10.4. The number of ether oxygens (including phenoxy) is 2. The van der Waals surface area contributed by atoms with E-state index in [0.29, 0.717) is 6.61 Å². The third-order valence-electron chi connectivity index (χ3n) is 3.56. The summed E-state index contributed by atoms with van der Waals surface area (Å²) in [6, 6.07) is 14.4. The average Bonchev–Trinajstić information content (AvgIpc) is 2.55. The summed E-state index contributed by atoms with van der Waals surface area (Å²) in [5.41, 5.74) is 0. The topological polar surface area (TPSA) is 21.7 Å². The van der Waals surface area contributed by atoms with E-state index in [9.17, 15) is 0 Å². The highest BCUT2D eigenvalue weighted by Crippen LogP contribution is 2.20. The molecule has 0 unspecified atom stereocenters. The summed E-state index contributed by atoms with van der Waals surface area (Å²) < 4.78 is 11.0. The molecule has 0 amide bonds. The number of fused-ring (bicyclic) bond motifs is 1. The first kappa shape index (κ1) is 16.6. The number of hydrogen-bond donors (Lipinski definition) is 0. The second-order valence-corrected chi connectivity index (χ2v) is 5.04. The lowest BCUT2D eigenvalue weighted by Gasteiger charge is -2.24. The van der Waals surface area contributed by atoms with Crippen LogP contribution in [0.3, 0.4) is 0 Å². The number of benzene rings is 2. The summed E-state index contributed by atoms with van der Waals surface area (Å²) in [5.74, 6) is 7.10. The van der Waals surface area contributed by atoms with Crippen LogP contribution in [0.4, 0.5) is 0 Å². The first-order valence-electron chi connectivity index (χ1n) is 7.29. The van der Waals surface area contributed by atoms with Crippen molar-refractivity contribution in [2.24, 2.45) is 0 Å². The van der Waals surface area contributed by atoms with Crippen LogP contribution in [0.25, 0.3) is 10.8 Å². The lowest BCUT2D eigenvalue weighted by atomic mass is 10.1. The fraction of sp³-hybridized carbons (Fsp3) is 0.333.